The van der Waals surface area contributed by atoms with Crippen LogP contribution in [0.1, 0.15) is 23.5 Å². The summed E-state index contributed by atoms with van der Waals surface area (Å²) in [5.74, 6) is 0.455. The maximum Gasteiger partial charge on any atom is 0.387 e. The van der Waals surface area contributed by atoms with Gasteiger partial charge in [-0.2, -0.15) is 8.78 Å². The number of alkyl halides is 2. The third kappa shape index (κ3) is 4.92. The number of aliphatic hydroxyl groups excluding tert-OH is 1. The van der Waals surface area contributed by atoms with Gasteiger partial charge in [0, 0.05) is 12.0 Å². The van der Waals surface area contributed by atoms with E-state index in [9.17, 15) is 13.6 Å². The van der Waals surface area contributed by atoms with Crippen LogP contribution in [-0.4, -0.2) is 59.6 Å². The smallest absolute Gasteiger partial charge is 0.387 e. The zero-order valence-corrected chi connectivity index (χ0v) is 19.4. The molecule has 1 aromatic carbocycles. The number of hydrogen-bond acceptors (Lipinski definition) is 9. The second-order valence-electron chi connectivity index (χ2n) is 8.24. The Hall–Kier alpha value is -3.29. The Bertz CT molecular complexity index is 1200. The van der Waals surface area contributed by atoms with Gasteiger partial charge in [0.2, 0.25) is 0 Å². The number of halogens is 2. The van der Waals surface area contributed by atoms with E-state index in [0.717, 1.165) is 10.6 Å². The summed E-state index contributed by atoms with van der Waals surface area (Å²) in [5.41, 5.74) is 1.45. The molecule has 13 heteroatoms. The molecule has 1 saturated heterocycles. The quantitative estimate of drug-likeness (QED) is 0.445. The number of urea groups is 1. The molecule has 4 heterocycles. The topological polar surface area (TPSA) is 122 Å². The summed E-state index contributed by atoms with van der Waals surface area (Å²) in [7, 11) is 0. The Kier molecular flexibility index (Phi) is 6.54. The molecule has 0 unspecified atom stereocenters. The number of aliphatic hydroxyl groups is 1. The molecule has 2 aliphatic rings. The lowest BCUT2D eigenvalue weighted by Gasteiger charge is -2.43. The predicted molar refractivity (Wildman–Crippen MR) is 123 cm³/mol. The minimum absolute atomic E-state index is 0.0328. The van der Waals surface area contributed by atoms with Crippen LogP contribution in [0.4, 0.5) is 24.7 Å². The number of ether oxygens (including phenoxy) is 2. The largest absolute Gasteiger partial charge is 0.435 e. The number of nitrogens with one attached hydrogen (secondary N) is 2. The molecule has 3 aromatic rings. The van der Waals surface area contributed by atoms with Crippen LogP contribution in [0.15, 0.2) is 34.9 Å². The molecular formula is C22H23F2N5O5S. The minimum Gasteiger partial charge on any atom is -0.435 e. The van der Waals surface area contributed by atoms with E-state index in [1.165, 1.54) is 23.5 Å². The summed E-state index contributed by atoms with van der Waals surface area (Å²) in [5, 5.41) is 14.9. The lowest BCUT2D eigenvalue weighted by atomic mass is 9.97. The third-order valence-electron chi connectivity index (χ3n) is 5.70. The SMILES string of the molecule is C[C@@H](CO)NC(=O)Nc1nc2c(s1)[C@@H]1COC[C@H](C2)N1c1ncc(-c2cccc(OC(F)F)c2)o1. The van der Waals surface area contributed by atoms with Crippen LogP contribution in [0.3, 0.4) is 0 Å². The van der Waals surface area contributed by atoms with Crippen LogP contribution < -0.4 is 20.3 Å². The van der Waals surface area contributed by atoms with Crippen molar-refractivity contribution < 1.29 is 32.6 Å². The minimum atomic E-state index is -2.92. The number of thiazole rings is 1. The van der Waals surface area contributed by atoms with Gasteiger partial charge in [-0.05, 0) is 19.1 Å². The maximum atomic E-state index is 12.6. The molecule has 3 N–H and O–H groups in total. The van der Waals surface area contributed by atoms with E-state index in [2.05, 4.69) is 25.3 Å². The van der Waals surface area contributed by atoms with Crippen LogP contribution in [0, 0.1) is 0 Å². The standard InChI is InChI=1S/C22H23F2N5O5S/c1-11(8-30)26-20(31)28-21-27-15-6-13-9-32-10-16(18(15)35-21)29(13)22-25-7-17(34-22)12-3-2-4-14(5-12)33-19(23)24/h2-5,7,11,13,16,19,30H,6,8-10H2,1H3,(H2,26,27,28,31)/t11-,13-,16-/m0/s1. The number of anilines is 2. The van der Waals surface area contributed by atoms with Crippen molar-refractivity contribution in [2.45, 2.75) is 38.1 Å². The average Bonchev–Trinajstić information content (AvgIpc) is 3.45. The van der Waals surface area contributed by atoms with Gasteiger partial charge in [-0.1, -0.05) is 23.5 Å². The van der Waals surface area contributed by atoms with Crippen LogP contribution in [0.2, 0.25) is 0 Å². The zero-order valence-electron chi connectivity index (χ0n) is 18.6. The number of amides is 2. The van der Waals surface area contributed by atoms with E-state index in [1.54, 1.807) is 25.3 Å². The maximum absolute atomic E-state index is 12.6. The molecule has 186 valence electrons. The molecular weight excluding hydrogens is 484 g/mol. The highest BCUT2D eigenvalue weighted by Crippen LogP contribution is 2.43. The Morgan fingerprint density at radius 3 is 3.06 bits per heavy atom. The number of carbonyl (C=O) groups excluding carboxylic acids is 1. The van der Waals surface area contributed by atoms with Crippen molar-refractivity contribution in [1.82, 2.24) is 15.3 Å². The van der Waals surface area contributed by atoms with Crippen LogP contribution >= 0.6 is 11.3 Å². The number of carbonyl (C=O) groups is 1. The monoisotopic (exact) mass is 507 g/mol. The number of oxazole rings is 1. The third-order valence-corrected chi connectivity index (χ3v) is 6.82. The number of morpholine rings is 1. The fourth-order valence-corrected chi connectivity index (χ4v) is 5.24. The van der Waals surface area contributed by atoms with E-state index in [4.69, 9.17) is 14.3 Å². The predicted octanol–water partition coefficient (Wildman–Crippen LogP) is 3.40. The van der Waals surface area contributed by atoms with Gasteiger partial charge in [0.15, 0.2) is 10.9 Å². The van der Waals surface area contributed by atoms with Crippen LogP contribution in [0.25, 0.3) is 11.3 Å². The van der Waals surface area contributed by atoms with Gasteiger partial charge in [-0.15, -0.1) is 0 Å². The molecule has 0 spiro atoms. The number of aromatic nitrogens is 2. The van der Waals surface area contributed by atoms with Gasteiger partial charge in [0.05, 0.1) is 54.7 Å². The van der Waals surface area contributed by atoms with Crippen molar-refractivity contribution in [2.75, 3.05) is 30.0 Å². The zero-order chi connectivity index (χ0) is 24.5. The van der Waals surface area contributed by atoms with Gasteiger partial charge in [0.1, 0.15) is 5.75 Å². The first-order valence-corrected chi connectivity index (χ1v) is 11.8. The highest BCUT2D eigenvalue weighted by Gasteiger charge is 2.42. The Labute approximate surface area is 202 Å². The molecule has 2 amide bonds. The lowest BCUT2D eigenvalue weighted by Crippen LogP contribution is -2.51. The molecule has 2 aromatic heterocycles. The van der Waals surface area contributed by atoms with E-state index in [1.807, 2.05) is 4.90 Å². The van der Waals surface area contributed by atoms with E-state index in [0.29, 0.717) is 42.1 Å². The van der Waals surface area contributed by atoms with Crippen molar-refractivity contribution in [1.29, 1.82) is 0 Å². The van der Waals surface area contributed by atoms with Crippen molar-refractivity contribution in [3.8, 4) is 17.1 Å². The first kappa shape index (κ1) is 23.5. The first-order valence-electron chi connectivity index (χ1n) is 11.0. The molecule has 1 fully saturated rings. The van der Waals surface area contributed by atoms with E-state index < -0.39 is 12.6 Å². The lowest BCUT2D eigenvalue weighted by molar-refractivity contribution is -0.0498. The number of benzene rings is 1. The van der Waals surface area contributed by atoms with Gasteiger partial charge in [0.25, 0.3) is 6.01 Å². The Balaban J connectivity index is 1.37. The van der Waals surface area contributed by atoms with Crippen molar-refractivity contribution >= 4 is 28.5 Å². The van der Waals surface area contributed by atoms with Crippen LogP contribution in [-0.2, 0) is 11.2 Å². The molecule has 35 heavy (non-hydrogen) atoms. The second kappa shape index (κ2) is 9.76. The average molecular weight is 508 g/mol. The number of hydrogen-bond donors (Lipinski definition) is 3. The van der Waals surface area contributed by atoms with Crippen molar-refractivity contribution in [2.24, 2.45) is 0 Å². The summed E-state index contributed by atoms with van der Waals surface area (Å²) < 4.78 is 41.5. The van der Waals surface area contributed by atoms with Crippen molar-refractivity contribution in [3.05, 3.63) is 41.0 Å². The molecule has 10 nitrogen and oxygen atoms in total. The highest BCUT2D eigenvalue weighted by molar-refractivity contribution is 7.16. The number of rotatable bonds is 7. The van der Waals surface area contributed by atoms with Crippen LogP contribution in [0.5, 0.6) is 5.75 Å². The highest BCUT2D eigenvalue weighted by atomic mass is 32.1. The van der Waals surface area contributed by atoms with E-state index in [-0.39, 0.29) is 30.5 Å². The van der Waals surface area contributed by atoms with Gasteiger partial charge < -0.3 is 29.2 Å². The fraction of sp³-hybridized carbons (Fsp3) is 0.409. The Morgan fingerprint density at radius 2 is 2.26 bits per heavy atom. The molecule has 0 saturated carbocycles. The molecule has 3 atom stereocenters. The summed E-state index contributed by atoms with van der Waals surface area (Å²) >= 11 is 1.35. The molecule has 2 bridgehead atoms. The summed E-state index contributed by atoms with van der Waals surface area (Å²) in [6.45, 7) is -0.536. The normalized spacial score (nSPS) is 19.9. The fourth-order valence-electron chi connectivity index (χ4n) is 4.17. The molecule has 5 rings (SSSR count). The van der Waals surface area contributed by atoms with Gasteiger partial charge in [-0.3, -0.25) is 5.32 Å². The molecule has 2 aliphatic heterocycles. The van der Waals surface area contributed by atoms with Gasteiger partial charge >= 0.3 is 12.6 Å². The number of nitrogens with zero attached hydrogens (tertiary/aromatic N) is 3. The van der Waals surface area contributed by atoms with Gasteiger partial charge in [-0.25, -0.2) is 14.8 Å². The Morgan fingerprint density at radius 1 is 1.40 bits per heavy atom. The summed E-state index contributed by atoms with van der Waals surface area (Å²) in [6.07, 6.45) is 2.13. The molecule has 0 radical (unpaired) electrons. The number of fused-ring (bicyclic) bond motifs is 4. The van der Waals surface area contributed by atoms with Crippen molar-refractivity contribution in [3.63, 3.8) is 0 Å². The summed E-state index contributed by atoms with van der Waals surface area (Å²) in [4.78, 5) is 24.2. The summed E-state index contributed by atoms with van der Waals surface area (Å²) in [6, 6.07) is 5.54. The molecule has 0 aliphatic carbocycles. The first-order chi connectivity index (χ1) is 16.9. The van der Waals surface area contributed by atoms with E-state index >= 15 is 0 Å². The second-order valence-corrected chi connectivity index (χ2v) is 9.27.